The van der Waals surface area contributed by atoms with E-state index in [1.165, 1.54) is 4.90 Å². The molecule has 2 N–H and O–H groups in total. The molecule has 0 aromatic heterocycles. The van der Waals surface area contributed by atoms with Crippen molar-refractivity contribution in [1.29, 1.82) is 0 Å². The molecule has 0 radical (unpaired) electrons. The highest BCUT2D eigenvalue weighted by Gasteiger charge is 2.53. The first-order valence-electron chi connectivity index (χ1n) is 8.25. The first-order chi connectivity index (χ1) is 11.4. The molecule has 1 saturated carbocycles. The number of hydrogen-bond donors (Lipinski definition) is 2. The van der Waals surface area contributed by atoms with E-state index in [9.17, 15) is 13.8 Å². The van der Waals surface area contributed by atoms with Crippen molar-refractivity contribution in [1.82, 2.24) is 20.2 Å². The van der Waals surface area contributed by atoms with Crippen molar-refractivity contribution in [3.8, 4) is 0 Å². The minimum atomic E-state index is -2.54. The van der Waals surface area contributed by atoms with Crippen molar-refractivity contribution in [3.05, 3.63) is 0 Å². The van der Waals surface area contributed by atoms with Crippen molar-refractivity contribution >= 4 is 23.3 Å². The Balaban J connectivity index is 1.33. The molecule has 134 valence electrons. The molecule has 1 spiro atoms. The van der Waals surface area contributed by atoms with Crippen LogP contribution in [0.3, 0.4) is 0 Å². The van der Waals surface area contributed by atoms with Crippen LogP contribution in [0, 0.1) is 5.41 Å². The molecule has 2 unspecified atom stereocenters. The van der Waals surface area contributed by atoms with Crippen LogP contribution in [0.1, 0.15) is 25.7 Å². The van der Waals surface area contributed by atoms with Gasteiger partial charge in [0.2, 0.25) is 5.91 Å². The summed E-state index contributed by atoms with van der Waals surface area (Å²) >= 11 is -2.54. The van der Waals surface area contributed by atoms with Gasteiger partial charge in [0.05, 0.1) is 6.04 Å². The van der Waals surface area contributed by atoms with Gasteiger partial charge in [-0.1, -0.05) is 0 Å². The lowest BCUT2D eigenvalue weighted by Crippen LogP contribution is -2.66. The molecule has 3 saturated heterocycles. The van der Waals surface area contributed by atoms with E-state index < -0.39 is 23.4 Å². The number of hydrogen-bond acceptors (Lipinski definition) is 5. The van der Waals surface area contributed by atoms with Gasteiger partial charge in [0, 0.05) is 25.7 Å². The Morgan fingerprint density at radius 1 is 1.38 bits per heavy atom. The third-order valence-corrected chi connectivity index (χ3v) is 5.97. The summed E-state index contributed by atoms with van der Waals surface area (Å²) in [4.78, 5) is 28.6. The standard InChI is InChI=1S/C14H22N4O5S/c1-16-7-14(8-16)4-9(5-14)15-12(19)11-3-2-10-6-17(11)13(20)18(10)23-24(21)22/h9-11H,2-8H2,1H3,(H,15,19)(H,21,22)/t10-,11?/m1/s1. The first kappa shape index (κ1) is 16.2. The van der Waals surface area contributed by atoms with Crippen LogP contribution < -0.4 is 5.32 Å². The predicted molar refractivity (Wildman–Crippen MR) is 83.7 cm³/mol. The molecule has 3 atom stereocenters. The second-order valence-corrected chi connectivity index (χ2v) is 8.17. The summed E-state index contributed by atoms with van der Waals surface area (Å²) in [7, 11) is 2.10. The molecule has 10 heteroatoms. The molecule has 3 heterocycles. The Morgan fingerprint density at radius 3 is 2.71 bits per heavy atom. The number of carbonyl (C=O) groups is 2. The summed E-state index contributed by atoms with van der Waals surface area (Å²) in [6.45, 7) is 2.55. The Bertz CT molecular complexity index is 588. The molecular formula is C14H22N4O5S. The largest absolute Gasteiger partial charge is 0.352 e. The zero-order valence-corrected chi connectivity index (χ0v) is 14.3. The number of carbonyl (C=O) groups excluding carboxylic acids is 2. The van der Waals surface area contributed by atoms with Crippen molar-refractivity contribution in [2.75, 3.05) is 26.7 Å². The maximum absolute atomic E-state index is 12.6. The lowest BCUT2D eigenvalue weighted by Gasteiger charge is -2.58. The van der Waals surface area contributed by atoms with E-state index in [1.54, 1.807) is 0 Å². The number of fused-ring (bicyclic) bond motifs is 2. The molecule has 9 nitrogen and oxygen atoms in total. The third-order valence-electron chi connectivity index (χ3n) is 5.69. The summed E-state index contributed by atoms with van der Waals surface area (Å²) in [6, 6.07) is -1.10. The van der Waals surface area contributed by atoms with Gasteiger partial charge in [-0.2, -0.15) is 9.27 Å². The monoisotopic (exact) mass is 358 g/mol. The number of nitrogens with one attached hydrogen (secondary N) is 1. The molecule has 1 aliphatic carbocycles. The fourth-order valence-corrected chi connectivity index (χ4v) is 5.14. The van der Waals surface area contributed by atoms with Crippen LogP contribution in [0.5, 0.6) is 0 Å². The van der Waals surface area contributed by atoms with Gasteiger partial charge in [-0.25, -0.2) is 4.79 Å². The summed E-state index contributed by atoms with van der Waals surface area (Å²) < 4.78 is 24.3. The molecule has 4 rings (SSSR count). The second-order valence-electron chi connectivity index (χ2n) is 7.59. The van der Waals surface area contributed by atoms with Crippen molar-refractivity contribution in [3.63, 3.8) is 0 Å². The van der Waals surface area contributed by atoms with Gasteiger partial charge in [-0.05, 0) is 38.1 Å². The smallest absolute Gasteiger partial charge is 0.346 e. The highest BCUT2D eigenvalue weighted by molar-refractivity contribution is 7.74. The normalized spacial score (nSPS) is 33.3. The summed E-state index contributed by atoms with van der Waals surface area (Å²) in [5, 5.41) is 4.00. The van der Waals surface area contributed by atoms with Crippen LogP contribution in [0.2, 0.25) is 0 Å². The Labute approximate surface area is 142 Å². The van der Waals surface area contributed by atoms with E-state index >= 15 is 0 Å². The van der Waals surface area contributed by atoms with Gasteiger partial charge < -0.3 is 15.1 Å². The molecule has 3 amide bonds. The van der Waals surface area contributed by atoms with Gasteiger partial charge in [-0.3, -0.25) is 9.35 Å². The minimum Gasteiger partial charge on any atom is -0.352 e. The number of piperidine rings is 1. The average Bonchev–Trinajstić information content (AvgIpc) is 2.68. The zero-order valence-electron chi connectivity index (χ0n) is 13.5. The molecule has 0 aromatic rings. The molecule has 24 heavy (non-hydrogen) atoms. The van der Waals surface area contributed by atoms with Crippen LogP contribution in [0.25, 0.3) is 0 Å². The Hall–Kier alpha value is -1.23. The van der Waals surface area contributed by atoms with Gasteiger partial charge >= 0.3 is 17.4 Å². The van der Waals surface area contributed by atoms with Gasteiger partial charge in [0.25, 0.3) is 0 Å². The Morgan fingerprint density at radius 2 is 2.08 bits per heavy atom. The third kappa shape index (κ3) is 2.61. The van der Waals surface area contributed by atoms with Crippen molar-refractivity contribution in [2.45, 2.75) is 43.8 Å². The first-order valence-corrected chi connectivity index (χ1v) is 9.28. The number of rotatable bonds is 4. The molecular weight excluding hydrogens is 336 g/mol. The number of amides is 3. The zero-order chi connectivity index (χ0) is 17.1. The van der Waals surface area contributed by atoms with E-state index in [0.29, 0.717) is 24.8 Å². The SMILES string of the molecule is CN1CC2(CC(NC(=O)C3CC[C@@H]4CN3C(=O)N4OS(=O)O)C2)C1. The Kier molecular flexibility index (Phi) is 3.83. The second kappa shape index (κ2) is 5.65. The van der Waals surface area contributed by atoms with E-state index in [0.717, 1.165) is 31.0 Å². The van der Waals surface area contributed by atoms with E-state index in [-0.39, 0.29) is 18.0 Å². The number of hydroxylamine groups is 2. The quantitative estimate of drug-likeness (QED) is 0.659. The lowest BCUT2D eigenvalue weighted by atomic mass is 9.61. The van der Waals surface area contributed by atoms with E-state index in [1.807, 2.05) is 0 Å². The molecule has 0 aromatic carbocycles. The maximum Gasteiger partial charge on any atom is 0.346 e. The van der Waals surface area contributed by atoms with Gasteiger partial charge in [-0.15, -0.1) is 4.28 Å². The summed E-state index contributed by atoms with van der Waals surface area (Å²) in [5.41, 5.74) is 0.393. The van der Waals surface area contributed by atoms with Crippen LogP contribution in [0.4, 0.5) is 4.79 Å². The molecule has 3 aliphatic heterocycles. The van der Waals surface area contributed by atoms with E-state index in [2.05, 4.69) is 21.5 Å². The molecule has 4 fully saturated rings. The topological polar surface area (TPSA) is 102 Å². The minimum absolute atomic E-state index is 0.124. The highest BCUT2D eigenvalue weighted by Crippen LogP contribution is 2.47. The maximum atomic E-state index is 12.6. The molecule has 4 aliphatic rings. The van der Waals surface area contributed by atoms with Crippen LogP contribution in [-0.2, 0) is 20.4 Å². The number of urea groups is 1. The average molecular weight is 358 g/mol. The summed E-state index contributed by atoms with van der Waals surface area (Å²) in [6.07, 6.45) is 3.13. The lowest BCUT2D eigenvalue weighted by molar-refractivity contribution is -0.131. The van der Waals surface area contributed by atoms with Crippen LogP contribution in [0.15, 0.2) is 0 Å². The highest BCUT2D eigenvalue weighted by atomic mass is 32.2. The fraction of sp³-hybridized carbons (Fsp3) is 0.857. The fourth-order valence-electron chi connectivity index (χ4n) is 4.81. The predicted octanol–water partition coefficient (Wildman–Crippen LogP) is -0.466. The van der Waals surface area contributed by atoms with Crippen LogP contribution >= 0.6 is 0 Å². The van der Waals surface area contributed by atoms with Gasteiger partial charge in [0.1, 0.15) is 6.04 Å². The number of likely N-dealkylation sites (tertiary alicyclic amines) is 1. The van der Waals surface area contributed by atoms with Crippen LogP contribution in [-0.4, -0.2) is 80.4 Å². The van der Waals surface area contributed by atoms with Crippen molar-refractivity contribution in [2.24, 2.45) is 5.41 Å². The van der Waals surface area contributed by atoms with Crippen molar-refractivity contribution < 1.29 is 22.6 Å². The van der Waals surface area contributed by atoms with E-state index in [4.69, 9.17) is 4.55 Å². The summed E-state index contributed by atoms with van der Waals surface area (Å²) in [5.74, 6) is -0.124. The molecule has 2 bridgehead atoms. The number of nitrogens with zero attached hydrogens (tertiary/aromatic N) is 3. The van der Waals surface area contributed by atoms with Gasteiger partial charge in [0.15, 0.2) is 0 Å².